The number of nitrogens with zero attached hydrogens (tertiary/aromatic N) is 4. The summed E-state index contributed by atoms with van der Waals surface area (Å²) in [6.45, 7) is 2.76. The normalized spacial score (nSPS) is 21.3. The maximum absolute atomic E-state index is 12.5. The molecule has 142 valence electrons. The zero-order valence-corrected chi connectivity index (χ0v) is 15.3. The molecule has 2 saturated heterocycles. The van der Waals surface area contributed by atoms with Crippen LogP contribution in [0.15, 0.2) is 42.9 Å². The van der Waals surface area contributed by atoms with Crippen molar-refractivity contribution >= 4 is 5.91 Å². The van der Waals surface area contributed by atoms with Gasteiger partial charge in [0.05, 0.1) is 12.2 Å². The zero-order valence-electron chi connectivity index (χ0n) is 15.3. The molecule has 4 rings (SSSR count). The molecule has 1 atom stereocenters. The molecule has 7 nitrogen and oxygen atoms in total. The average molecular weight is 368 g/mol. The van der Waals surface area contributed by atoms with Crippen molar-refractivity contribution in [1.82, 2.24) is 19.9 Å². The summed E-state index contributed by atoms with van der Waals surface area (Å²) >= 11 is 0. The van der Waals surface area contributed by atoms with Gasteiger partial charge in [-0.2, -0.15) is 0 Å². The molecule has 2 aliphatic rings. The molecule has 2 fully saturated rings. The number of hydrogen-bond acceptors (Lipinski definition) is 6. The molecule has 2 aromatic heterocycles. The first-order chi connectivity index (χ1) is 13.3. The zero-order chi connectivity index (χ0) is 18.5. The van der Waals surface area contributed by atoms with Crippen LogP contribution in [0, 0.1) is 5.92 Å². The van der Waals surface area contributed by atoms with Crippen LogP contribution in [0.5, 0.6) is 5.88 Å². The maximum atomic E-state index is 12.5. The summed E-state index contributed by atoms with van der Waals surface area (Å²) < 4.78 is 12.0. The van der Waals surface area contributed by atoms with Crippen LogP contribution < -0.4 is 4.74 Å². The molecule has 0 aliphatic carbocycles. The number of hydrogen-bond donors (Lipinski definition) is 0. The SMILES string of the molecule is O=C(c1ncccn1)N1CCC2(CC1)OCC[C@@H]2CCOc1ccccn1. The summed E-state index contributed by atoms with van der Waals surface area (Å²) in [5.41, 5.74) is -0.137. The van der Waals surface area contributed by atoms with Crippen molar-refractivity contribution in [3.63, 3.8) is 0 Å². The van der Waals surface area contributed by atoms with Crippen LogP contribution in [0.2, 0.25) is 0 Å². The number of aromatic nitrogens is 3. The number of amides is 1. The van der Waals surface area contributed by atoms with Crippen molar-refractivity contribution in [2.24, 2.45) is 5.92 Å². The van der Waals surface area contributed by atoms with Gasteiger partial charge in [-0.05, 0) is 43.7 Å². The number of likely N-dealkylation sites (tertiary alicyclic amines) is 1. The summed E-state index contributed by atoms with van der Waals surface area (Å²) in [6, 6.07) is 7.39. The smallest absolute Gasteiger partial charge is 0.291 e. The van der Waals surface area contributed by atoms with Gasteiger partial charge < -0.3 is 14.4 Å². The van der Waals surface area contributed by atoms with Crippen LogP contribution in [0.3, 0.4) is 0 Å². The molecule has 27 heavy (non-hydrogen) atoms. The van der Waals surface area contributed by atoms with E-state index >= 15 is 0 Å². The Labute approximate surface area is 158 Å². The molecule has 7 heteroatoms. The Hall–Kier alpha value is -2.54. The minimum absolute atomic E-state index is 0.0986. The Morgan fingerprint density at radius 2 is 1.93 bits per heavy atom. The van der Waals surface area contributed by atoms with Gasteiger partial charge in [-0.1, -0.05) is 6.07 Å². The molecule has 0 bridgehead atoms. The van der Waals surface area contributed by atoms with Gasteiger partial charge in [0, 0.05) is 44.4 Å². The van der Waals surface area contributed by atoms with E-state index in [0.717, 1.165) is 32.3 Å². The van der Waals surface area contributed by atoms with E-state index in [2.05, 4.69) is 15.0 Å². The van der Waals surface area contributed by atoms with E-state index in [0.29, 0.717) is 31.5 Å². The highest BCUT2D eigenvalue weighted by Gasteiger charge is 2.46. The monoisotopic (exact) mass is 368 g/mol. The summed E-state index contributed by atoms with van der Waals surface area (Å²) in [4.78, 5) is 26.7. The van der Waals surface area contributed by atoms with Crippen molar-refractivity contribution in [1.29, 1.82) is 0 Å². The second-order valence-corrected chi connectivity index (χ2v) is 7.07. The van der Waals surface area contributed by atoms with Crippen LogP contribution in [0.4, 0.5) is 0 Å². The van der Waals surface area contributed by atoms with E-state index < -0.39 is 0 Å². The minimum atomic E-state index is -0.137. The van der Waals surface area contributed by atoms with Crippen LogP contribution in [0.1, 0.15) is 36.3 Å². The Kier molecular flexibility index (Phi) is 5.29. The third-order valence-corrected chi connectivity index (χ3v) is 5.61. The van der Waals surface area contributed by atoms with E-state index in [-0.39, 0.29) is 17.3 Å². The lowest BCUT2D eigenvalue weighted by Gasteiger charge is -2.42. The molecule has 1 amide bonds. The molecular formula is C20H24N4O3. The third-order valence-electron chi connectivity index (χ3n) is 5.61. The van der Waals surface area contributed by atoms with Crippen molar-refractivity contribution in [3.05, 3.63) is 48.7 Å². The van der Waals surface area contributed by atoms with E-state index in [1.54, 1.807) is 24.7 Å². The van der Waals surface area contributed by atoms with Crippen molar-refractivity contribution in [3.8, 4) is 5.88 Å². The molecular weight excluding hydrogens is 344 g/mol. The van der Waals surface area contributed by atoms with Gasteiger partial charge in [0.25, 0.3) is 5.91 Å². The number of carbonyl (C=O) groups excluding carboxylic acids is 1. The second kappa shape index (κ2) is 8.00. The highest BCUT2D eigenvalue weighted by Crippen LogP contribution is 2.42. The van der Waals surface area contributed by atoms with E-state index in [9.17, 15) is 4.79 Å². The highest BCUT2D eigenvalue weighted by molar-refractivity contribution is 5.90. The van der Waals surface area contributed by atoms with Gasteiger partial charge in [0.2, 0.25) is 11.7 Å². The predicted octanol–water partition coefficient (Wildman–Crippen LogP) is 2.35. The molecule has 0 radical (unpaired) electrons. The lowest BCUT2D eigenvalue weighted by molar-refractivity contribution is -0.0650. The van der Waals surface area contributed by atoms with Crippen LogP contribution in [0.25, 0.3) is 0 Å². The lowest BCUT2D eigenvalue weighted by atomic mass is 9.78. The fourth-order valence-corrected chi connectivity index (χ4v) is 4.12. The summed E-state index contributed by atoms with van der Waals surface area (Å²) in [5, 5.41) is 0. The number of piperidine rings is 1. The van der Waals surface area contributed by atoms with E-state index in [1.165, 1.54) is 0 Å². The molecule has 0 aromatic carbocycles. The van der Waals surface area contributed by atoms with Crippen molar-refractivity contribution < 1.29 is 14.3 Å². The summed E-state index contributed by atoms with van der Waals surface area (Å²) in [5.74, 6) is 1.28. The van der Waals surface area contributed by atoms with E-state index in [1.807, 2.05) is 23.1 Å². The topological polar surface area (TPSA) is 77.4 Å². The molecule has 2 aromatic rings. The number of ether oxygens (including phenoxy) is 2. The fraction of sp³-hybridized carbons (Fsp3) is 0.500. The van der Waals surface area contributed by atoms with Gasteiger partial charge in [-0.3, -0.25) is 4.79 Å². The highest BCUT2D eigenvalue weighted by atomic mass is 16.5. The first-order valence-corrected chi connectivity index (χ1v) is 9.51. The molecule has 1 spiro atoms. The quantitative estimate of drug-likeness (QED) is 0.806. The molecule has 0 N–H and O–H groups in total. The Balaban J connectivity index is 1.31. The van der Waals surface area contributed by atoms with E-state index in [4.69, 9.17) is 9.47 Å². The van der Waals surface area contributed by atoms with Gasteiger partial charge in [0.1, 0.15) is 0 Å². The van der Waals surface area contributed by atoms with Crippen molar-refractivity contribution in [2.75, 3.05) is 26.3 Å². The minimum Gasteiger partial charge on any atom is -0.478 e. The lowest BCUT2D eigenvalue weighted by Crippen LogP contribution is -2.49. The first kappa shape index (κ1) is 17.9. The first-order valence-electron chi connectivity index (χ1n) is 9.51. The standard InChI is InChI=1S/C20H24N4O3/c25-19(18-22-10-3-11-23-18)24-12-7-20(8-13-24)16(6-15-27-20)5-14-26-17-4-1-2-9-21-17/h1-4,9-11,16H,5-8,12-15H2/t16-/m0/s1. The van der Waals surface area contributed by atoms with Crippen molar-refractivity contribution in [2.45, 2.75) is 31.3 Å². The second-order valence-electron chi connectivity index (χ2n) is 7.07. The summed E-state index contributed by atoms with van der Waals surface area (Å²) in [6.07, 6.45) is 8.61. The third kappa shape index (κ3) is 3.93. The molecule has 4 heterocycles. The van der Waals surface area contributed by atoms with Gasteiger partial charge in [-0.25, -0.2) is 15.0 Å². The Bertz CT molecular complexity index is 748. The Morgan fingerprint density at radius 1 is 1.15 bits per heavy atom. The van der Waals surface area contributed by atoms with Crippen LogP contribution >= 0.6 is 0 Å². The van der Waals surface area contributed by atoms with Crippen LogP contribution in [-0.2, 0) is 4.74 Å². The summed E-state index contributed by atoms with van der Waals surface area (Å²) in [7, 11) is 0. The van der Waals surface area contributed by atoms with Gasteiger partial charge in [-0.15, -0.1) is 0 Å². The number of carbonyl (C=O) groups is 1. The average Bonchev–Trinajstić information content (AvgIpc) is 3.11. The van der Waals surface area contributed by atoms with Gasteiger partial charge in [0.15, 0.2) is 0 Å². The molecule has 0 saturated carbocycles. The number of pyridine rings is 1. The van der Waals surface area contributed by atoms with Crippen LogP contribution in [-0.4, -0.2) is 57.7 Å². The van der Waals surface area contributed by atoms with Gasteiger partial charge >= 0.3 is 0 Å². The largest absolute Gasteiger partial charge is 0.478 e. The predicted molar refractivity (Wildman–Crippen MR) is 98.3 cm³/mol. The molecule has 0 unspecified atom stereocenters. The number of rotatable bonds is 5. The fourth-order valence-electron chi connectivity index (χ4n) is 4.12. The molecule has 2 aliphatic heterocycles. The Morgan fingerprint density at radius 3 is 2.67 bits per heavy atom. The maximum Gasteiger partial charge on any atom is 0.291 e.